The van der Waals surface area contributed by atoms with Gasteiger partial charge < -0.3 is 14.2 Å². The molecule has 6 nitrogen and oxygen atoms in total. The number of esters is 1. The molecule has 1 fully saturated rings. The van der Waals surface area contributed by atoms with E-state index in [9.17, 15) is 9.59 Å². The van der Waals surface area contributed by atoms with Gasteiger partial charge in [0.25, 0.3) is 5.91 Å². The smallest absolute Gasteiger partial charge is 0.333 e. The van der Waals surface area contributed by atoms with Crippen LogP contribution in [0.1, 0.15) is 43.0 Å². The van der Waals surface area contributed by atoms with E-state index < -0.39 is 12.0 Å². The minimum Gasteiger partial charge on any atom is -0.490 e. The Bertz CT molecular complexity index is 1460. The lowest BCUT2D eigenvalue weighted by Crippen LogP contribution is -2.38. The fraction of sp³-hybridized carbons (Fsp3) is 0.233. The Morgan fingerprint density at radius 3 is 2.44 bits per heavy atom. The summed E-state index contributed by atoms with van der Waals surface area (Å²) in [5, 5.41) is 0.996. The Labute approximate surface area is 267 Å². The molecule has 1 amide bonds. The second-order valence-electron chi connectivity index (χ2n) is 8.78. The molecule has 1 heterocycles. The predicted molar refractivity (Wildman–Crippen MR) is 172 cm³/mol. The van der Waals surface area contributed by atoms with Crippen molar-refractivity contribution in [2.24, 2.45) is 0 Å². The van der Waals surface area contributed by atoms with Gasteiger partial charge in [-0.25, -0.2) is 4.79 Å². The fourth-order valence-corrected chi connectivity index (χ4v) is 6.44. The van der Waals surface area contributed by atoms with E-state index in [0.717, 1.165) is 11.8 Å². The molecule has 0 aliphatic carbocycles. The maximum atomic E-state index is 13.6. The molecule has 0 aromatic heterocycles. The number of hydrogen-bond donors (Lipinski definition) is 0. The number of thiocarbonyl (C=S) groups is 1. The molecule has 214 valence electrons. The molecule has 1 unspecified atom stereocenters. The first-order chi connectivity index (χ1) is 19.7. The average Bonchev–Trinajstić information content (AvgIpc) is 3.21. The molecule has 0 N–H and O–H groups in total. The molecule has 3 aromatic rings. The third kappa shape index (κ3) is 7.45. The number of halogens is 3. The van der Waals surface area contributed by atoms with Crippen LogP contribution in [0, 0.1) is 0 Å². The first-order valence-corrected chi connectivity index (χ1v) is 15.5. The van der Waals surface area contributed by atoms with Gasteiger partial charge in [0, 0.05) is 15.6 Å². The number of carbonyl (C=O) groups excluding carboxylic acids is 2. The van der Waals surface area contributed by atoms with E-state index in [2.05, 4.69) is 15.9 Å². The van der Waals surface area contributed by atoms with Gasteiger partial charge in [0.15, 0.2) is 17.5 Å². The highest BCUT2D eigenvalue weighted by atomic mass is 79.9. The zero-order valence-corrected chi connectivity index (χ0v) is 26.9. The van der Waals surface area contributed by atoms with Crippen LogP contribution in [-0.2, 0) is 20.9 Å². The predicted octanol–water partition coefficient (Wildman–Crippen LogP) is 8.63. The number of rotatable bonds is 11. The fourth-order valence-electron chi connectivity index (χ4n) is 4.05. The molecule has 3 aromatic carbocycles. The highest BCUT2D eigenvalue weighted by molar-refractivity contribution is 9.10. The number of amides is 1. The molecule has 0 saturated carbocycles. The number of carbonyl (C=O) groups is 2. The van der Waals surface area contributed by atoms with Crippen molar-refractivity contribution in [3.05, 3.63) is 96.8 Å². The Kier molecular flexibility index (Phi) is 11.1. The summed E-state index contributed by atoms with van der Waals surface area (Å²) in [4.78, 5) is 28.4. The lowest BCUT2D eigenvalue weighted by atomic mass is 10.1. The van der Waals surface area contributed by atoms with Crippen molar-refractivity contribution in [2.75, 3.05) is 13.2 Å². The van der Waals surface area contributed by atoms with Crippen LogP contribution >= 0.6 is 63.1 Å². The van der Waals surface area contributed by atoms with Gasteiger partial charge >= 0.3 is 5.97 Å². The maximum absolute atomic E-state index is 13.6. The minimum atomic E-state index is -0.987. The van der Waals surface area contributed by atoms with E-state index in [0.29, 0.717) is 60.6 Å². The molecule has 41 heavy (non-hydrogen) atoms. The normalized spacial score (nSPS) is 14.9. The van der Waals surface area contributed by atoms with Crippen molar-refractivity contribution < 1.29 is 23.8 Å². The van der Waals surface area contributed by atoms with E-state index in [-0.39, 0.29) is 23.4 Å². The van der Waals surface area contributed by atoms with Crippen LogP contribution in [-0.4, -0.2) is 34.3 Å². The summed E-state index contributed by atoms with van der Waals surface area (Å²) in [6.07, 6.45) is 2.37. The summed E-state index contributed by atoms with van der Waals surface area (Å²) >= 11 is 22.9. The van der Waals surface area contributed by atoms with Gasteiger partial charge in [-0.3, -0.25) is 9.69 Å². The van der Waals surface area contributed by atoms with Gasteiger partial charge in [-0.15, -0.1) is 0 Å². The molecule has 1 aliphatic heterocycles. The first-order valence-electron chi connectivity index (χ1n) is 12.8. The van der Waals surface area contributed by atoms with E-state index in [1.54, 1.807) is 54.6 Å². The molecule has 4 rings (SSSR count). The molecule has 1 saturated heterocycles. The van der Waals surface area contributed by atoms with Crippen molar-refractivity contribution in [1.82, 2.24) is 4.90 Å². The Balaban J connectivity index is 1.63. The van der Waals surface area contributed by atoms with Crippen molar-refractivity contribution in [1.29, 1.82) is 0 Å². The molecule has 0 radical (unpaired) electrons. The summed E-state index contributed by atoms with van der Waals surface area (Å²) in [6.45, 7) is 4.54. The molecule has 1 atom stereocenters. The second kappa shape index (κ2) is 14.6. The van der Waals surface area contributed by atoms with Crippen LogP contribution < -0.4 is 9.47 Å². The zero-order chi connectivity index (χ0) is 29.5. The van der Waals surface area contributed by atoms with Gasteiger partial charge in [0.1, 0.15) is 10.9 Å². The van der Waals surface area contributed by atoms with Gasteiger partial charge in [0.2, 0.25) is 0 Å². The number of benzene rings is 3. The average molecular weight is 695 g/mol. The quantitative estimate of drug-likeness (QED) is 0.113. The lowest BCUT2D eigenvalue weighted by Gasteiger charge is -2.25. The van der Waals surface area contributed by atoms with Gasteiger partial charge in [0.05, 0.1) is 22.6 Å². The third-order valence-electron chi connectivity index (χ3n) is 5.92. The Hall–Kier alpha value is -2.56. The van der Waals surface area contributed by atoms with Gasteiger partial charge in [-0.2, -0.15) is 0 Å². The summed E-state index contributed by atoms with van der Waals surface area (Å²) in [5.41, 5.74) is 1.95. The van der Waals surface area contributed by atoms with Crippen LogP contribution in [0.25, 0.3) is 6.08 Å². The van der Waals surface area contributed by atoms with E-state index >= 15 is 0 Å². The number of ether oxygens (including phenoxy) is 3. The molecule has 11 heteroatoms. The monoisotopic (exact) mass is 693 g/mol. The van der Waals surface area contributed by atoms with Crippen LogP contribution in [0.3, 0.4) is 0 Å². The molecule has 1 aliphatic rings. The van der Waals surface area contributed by atoms with E-state index in [1.165, 1.54) is 4.90 Å². The summed E-state index contributed by atoms with van der Waals surface area (Å²) < 4.78 is 18.3. The number of hydrogen-bond acceptors (Lipinski definition) is 7. The van der Waals surface area contributed by atoms with Crippen molar-refractivity contribution >= 4 is 85.4 Å². The summed E-state index contributed by atoms with van der Waals surface area (Å²) in [6, 6.07) is 16.9. The van der Waals surface area contributed by atoms with E-state index in [4.69, 9.17) is 49.6 Å². The van der Waals surface area contributed by atoms with Crippen molar-refractivity contribution in [3.63, 3.8) is 0 Å². The Morgan fingerprint density at radius 1 is 1.07 bits per heavy atom. The maximum Gasteiger partial charge on any atom is 0.333 e. The van der Waals surface area contributed by atoms with Crippen LogP contribution in [0.2, 0.25) is 10.0 Å². The number of thioether (sulfide) groups is 1. The van der Waals surface area contributed by atoms with Crippen LogP contribution in [0.15, 0.2) is 70.0 Å². The zero-order valence-electron chi connectivity index (χ0n) is 22.2. The lowest BCUT2D eigenvalue weighted by molar-refractivity contribution is -0.151. The van der Waals surface area contributed by atoms with Crippen molar-refractivity contribution in [3.8, 4) is 11.5 Å². The van der Waals surface area contributed by atoms with Gasteiger partial charge in [-0.1, -0.05) is 90.5 Å². The highest BCUT2D eigenvalue weighted by Crippen LogP contribution is 2.42. The topological polar surface area (TPSA) is 65.1 Å². The minimum absolute atomic E-state index is 0.129. The molecular weight excluding hydrogens is 669 g/mol. The largest absolute Gasteiger partial charge is 0.490 e. The second-order valence-corrected chi connectivity index (χ2v) is 12.1. The SMILES string of the molecule is CCCOC(=O)C(c1ccccc1)N1C(=O)/C(=C/c2cc(Br)c(OCc3c(Cl)cccc3Cl)c(OCC)c2)SC1=S. The Morgan fingerprint density at radius 2 is 1.78 bits per heavy atom. The molecular formula is C30H26BrCl2NO5S2. The third-order valence-corrected chi connectivity index (χ3v) is 8.55. The highest BCUT2D eigenvalue weighted by Gasteiger charge is 2.42. The molecule has 0 bridgehead atoms. The summed E-state index contributed by atoms with van der Waals surface area (Å²) in [7, 11) is 0. The first kappa shape index (κ1) is 31.4. The van der Waals surface area contributed by atoms with Gasteiger partial charge in [-0.05, 0) is 70.7 Å². The standard InChI is InChI=1S/C30H26BrCl2NO5S2/c1-3-13-38-29(36)26(19-9-6-5-7-10-19)34-28(35)25(41-30(34)40)16-18-14-21(31)27(24(15-18)37-4-2)39-17-20-22(32)11-8-12-23(20)33/h5-12,14-16,26H,3-4,13,17H2,1-2H3/b25-16-. The van der Waals surface area contributed by atoms with Crippen LogP contribution in [0.4, 0.5) is 0 Å². The van der Waals surface area contributed by atoms with E-state index in [1.807, 2.05) is 26.0 Å². The molecule has 0 spiro atoms. The van der Waals surface area contributed by atoms with Crippen molar-refractivity contribution in [2.45, 2.75) is 32.9 Å². The van der Waals surface area contributed by atoms with Crippen LogP contribution in [0.5, 0.6) is 11.5 Å². The summed E-state index contributed by atoms with van der Waals surface area (Å²) in [5.74, 6) is 0.0228. The number of nitrogens with zero attached hydrogens (tertiary/aromatic N) is 1.